The van der Waals surface area contributed by atoms with E-state index in [9.17, 15) is 20.0 Å². The Morgan fingerprint density at radius 3 is 2.76 bits per heavy atom. The normalized spacial score (nSPS) is 11.5. The number of aromatic nitrogens is 2. The number of nitro benzene ring substituents is 1. The van der Waals surface area contributed by atoms with E-state index in [4.69, 9.17) is 16.0 Å². The van der Waals surface area contributed by atoms with E-state index < -0.39 is 21.9 Å². The molecule has 0 saturated carbocycles. The first-order valence-electron chi connectivity index (χ1n) is 9.64. The Kier molecular flexibility index (Phi) is 4.87. The van der Waals surface area contributed by atoms with Gasteiger partial charge in [0, 0.05) is 22.0 Å². The summed E-state index contributed by atoms with van der Waals surface area (Å²) < 4.78 is 6.96. The summed E-state index contributed by atoms with van der Waals surface area (Å²) in [5, 5.41) is 26.6. The van der Waals surface area contributed by atoms with Crippen LogP contribution in [0, 0.1) is 10.1 Å². The molecule has 5 rings (SSSR count). The highest BCUT2D eigenvalue weighted by atomic mass is 35.5. The van der Waals surface area contributed by atoms with E-state index in [1.54, 1.807) is 48.5 Å². The number of nitrogens with zero attached hydrogens (tertiary/aromatic N) is 4. The smallest absolute Gasteiger partial charge is 0.311 e. The van der Waals surface area contributed by atoms with Gasteiger partial charge < -0.3 is 9.52 Å². The van der Waals surface area contributed by atoms with Crippen LogP contribution in [-0.2, 0) is 0 Å². The molecule has 0 radical (unpaired) electrons. The molecule has 0 spiro atoms. The fraction of sp³-hybridized carbons (Fsp3) is 0. The summed E-state index contributed by atoms with van der Waals surface area (Å²) in [6.45, 7) is 0. The second-order valence-corrected chi connectivity index (χ2v) is 7.55. The Bertz CT molecular complexity index is 1650. The van der Waals surface area contributed by atoms with E-state index in [1.165, 1.54) is 18.3 Å². The average Bonchev–Trinajstić information content (AvgIpc) is 3.22. The zero-order valence-electron chi connectivity index (χ0n) is 16.7. The molecule has 162 valence electrons. The number of benzene rings is 3. The minimum absolute atomic E-state index is 0.149. The predicted octanol–water partition coefficient (Wildman–Crippen LogP) is 4.96. The fourth-order valence-electron chi connectivity index (χ4n) is 3.41. The standard InChI is InChI=1S/C23H13ClN4O5/c24-15-6-8-20-14(10-15)11-21(33-20)22-26-17-4-2-1-3-16(17)23(30)27(22)25-12-13-5-7-19(29)18(9-13)28(31)32/h1-12,29H. The summed E-state index contributed by atoms with van der Waals surface area (Å²) in [6, 6.07) is 17.4. The lowest BCUT2D eigenvalue weighted by Gasteiger charge is -2.07. The van der Waals surface area contributed by atoms with Gasteiger partial charge >= 0.3 is 5.69 Å². The highest BCUT2D eigenvalue weighted by Crippen LogP contribution is 2.29. The van der Waals surface area contributed by atoms with Crippen LogP contribution < -0.4 is 5.56 Å². The van der Waals surface area contributed by atoms with Gasteiger partial charge in [-0.15, -0.1) is 0 Å². The van der Waals surface area contributed by atoms with Crippen LogP contribution in [0.25, 0.3) is 33.5 Å². The van der Waals surface area contributed by atoms with Crippen molar-refractivity contribution >= 4 is 45.4 Å². The average molecular weight is 461 g/mol. The summed E-state index contributed by atoms with van der Waals surface area (Å²) >= 11 is 6.07. The van der Waals surface area contributed by atoms with Crippen LogP contribution in [0.15, 0.2) is 81.0 Å². The quantitative estimate of drug-likeness (QED) is 0.229. The van der Waals surface area contributed by atoms with Gasteiger partial charge in [-0.05, 0) is 48.5 Å². The number of fused-ring (bicyclic) bond motifs is 2. The van der Waals surface area contributed by atoms with Gasteiger partial charge in [0.1, 0.15) is 5.58 Å². The van der Waals surface area contributed by atoms with Crippen LogP contribution in [0.1, 0.15) is 5.56 Å². The summed E-state index contributed by atoms with van der Waals surface area (Å²) in [4.78, 5) is 28.2. The topological polar surface area (TPSA) is 124 Å². The molecule has 1 N–H and O–H groups in total. The van der Waals surface area contributed by atoms with Crippen LogP contribution in [-0.4, -0.2) is 25.9 Å². The lowest BCUT2D eigenvalue weighted by molar-refractivity contribution is -0.385. The number of phenolic OH excluding ortho intramolecular Hbond substituents is 1. The van der Waals surface area contributed by atoms with Gasteiger partial charge in [0.2, 0.25) is 5.82 Å². The number of hydrogen-bond acceptors (Lipinski definition) is 7. The molecule has 3 aromatic carbocycles. The maximum absolute atomic E-state index is 13.2. The maximum Gasteiger partial charge on any atom is 0.311 e. The van der Waals surface area contributed by atoms with Gasteiger partial charge in [-0.3, -0.25) is 14.9 Å². The van der Waals surface area contributed by atoms with Crippen molar-refractivity contribution in [2.75, 3.05) is 0 Å². The van der Waals surface area contributed by atoms with Crippen molar-refractivity contribution in [2.45, 2.75) is 0 Å². The number of halogens is 1. The molecular formula is C23H13ClN4O5. The van der Waals surface area contributed by atoms with E-state index in [0.29, 0.717) is 32.8 Å². The van der Waals surface area contributed by atoms with Gasteiger partial charge in [0.25, 0.3) is 5.56 Å². The Hall–Kier alpha value is -4.50. The third kappa shape index (κ3) is 3.70. The molecule has 0 fully saturated rings. The van der Waals surface area contributed by atoms with Crippen molar-refractivity contribution in [3.63, 3.8) is 0 Å². The predicted molar refractivity (Wildman–Crippen MR) is 124 cm³/mol. The molecule has 0 saturated heterocycles. The lowest BCUT2D eigenvalue weighted by Crippen LogP contribution is -2.20. The number of aromatic hydroxyl groups is 1. The van der Waals surface area contributed by atoms with Gasteiger partial charge in [0.15, 0.2) is 11.5 Å². The van der Waals surface area contributed by atoms with Crippen LogP contribution in [0.3, 0.4) is 0 Å². The highest BCUT2D eigenvalue weighted by molar-refractivity contribution is 6.31. The SMILES string of the molecule is O=c1c2ccccc2nc(-c2cc3cc(Cl)ccc3o2)n1N=Cc1ccc(O)c([N+](=O)[O-])c1. The third-order valence-corrected chi connectivity index (χ3v) is 5.21. The number of para-hydroxylation sites is 1. The van der Waals surface area contributed by atoms with Crippen LogP contribution in [0.2, 0.25) is 5.02 Å². The molecule has 0 amide bonds. The molecule has 2 aromatic heterocycles. The van der Waals surface area contributed by atoms with Crippen LogP contribution in [0.5, 0.6) is 5.75 Å². The number of hydrogen-bond donors (Lipinski definition) is 1. The van der Waals surface area contributed by atoms with Crippen molar-refractivity contribution in [1.82, 2.24) is 9.66 Å². The van der Waals surface area contributed by atoms with Crippen molar-refractivity contribution in [3.05, 3.63) is 97.8 Å². The van der Waals surface area contributed by atoms with E-state index in [1.807, 2.05) is 0 Å². The van der Waals surface area contributed by atoms with Crippen molar-refractivity contribution in [3.8, 4) is 17.3 Å². The van der Waals surface area contributed by atoms with E-state index in [2.05, 4.69) is 10.1 Å². The minimum Gasteiger partial charge on any atom is -0.502 e. The number of nitro groups is 1. The Labute approximate surface area is 189 Å². The molecule has 0 aliphatic carbocycles. The molecule has 5 aromatic rings. The number of phenols is 1. The van der Waals surface area contributed by atoms with Gasteiger partial charge in [0.05, 0.1) is 22.0 Å². The summed E-state index contributed by atoms with van der Waals surface area (Å²) in [5.74, 6) is -0.0252. The van der Waals surface area contributed by atoms with Crippen molar-refractivity contribution < 1.29 is 14.4 Å². The first kappa shape index (κ1) is 20.4. The van der Waals surface area contributed by atoms with Crippen molar-refractivity contribution in [2.24, 2.45) is 5.10 Å². The second kappa shape index (κ2) is 7.88. The molecule has 0 aliphatic rings. The molecule has 2 heterocycles. The molecule has 9 nitrogen and oxygen atoms in total. The van der Waals surface area contributed by atoms with Gasteiger partial charge in [-0.25, -0.2) is 4.98 Å². The van der Waals surface area contributed by atoms with E-state index >= 15 is 0 Å². The van der Waals surface area contributed by atoms with Crippen molar-refractivity contribution in [1.29, 1.82) is 0 Å². The zero-order chi connectivity index (χ0) is 23.1. The monoisotopic (exact) mass is 460 g/mol. The van der Waals surface area contributed by atoms with E-state index in [-0.39, 0.29) is 5.82 Å². The molecule has 0 atom stereocenters. The number of furan rings is 1. The lowest BCUT2D eigenvalue weighted by atomic mass is 10.2. The molecule has 0 unspecified atom stereocenters. The first-order chi connectivity index (χ1) is 15.9. The number of rotatable bonds is 4. The first-order valence-corrected chi connectivity index (χ1v) is 10.0. The maximum atomic E-state index is 13.2. The minimum atomic E-state index is -0.707. The molecular weight excluding hydrogens is 448 g/mol. The van der Waals surface area contributed by atoms with E-state index in [0.717, 1.165) is 16.1 Å². The Morgan fingerprint density at radius 1 is 1.12 bits per heavy atom. The molecule has 0 aliphatic heterocycles. The van der Waals surface area contributed by atoms with Gasteiger partial charge in [-0.1, -0.05) is 23.7 Å². The fourth-order valence-corrected chi connectivity index (χ4v) is 3.59. The zero-order valence-corrected chi connectivity index (χ0v) is 17.4. The summed E-state index contributed by atoms with van der Waals surface area (Å²) in [7, 11) is 0. The molecule has 33 heavy (non-hydrogen) atoms. The molecule has 10 heteroatoms. The second-order valence-electron chi connectivity index (χ2n) is 7.11. The largest absolute Gasteiger partial charge is 0.502 e. The Morgan fingerprint density at radius 2 is 1.94 bits per heavy atom. The van der Waals surface area contributed by atoms with Gasteiger partial charge in [-0.2, -0.15) is 9.78 Å². The Balaban J connectivity index is 1.71. The summed E-state index contributed by atoms with van der Waals surface area (Å²) in [5.41, 5.74) is 0.405. The molecule has 0 bridgehead atoms. The van der Waals surface area contributed by atoms with Crippen LogP contribution in [0.4, 0.5) is 5.69 Å². The summed E-state index contributed by atoms with van der Waals surface area (Å²) in [6.07, 6.45) is 1.27. The van der Waals surface area contributed by atoms with Crippen LogP contribution >= 0.6 is 11.6 Å². The highest BCUT2D eigenvalue weighted by Gasteiger charge is 2.17. The third-order valence-electron chi connectivity index (χ3n) is 4.97.